The van der Waals surface area contributed by atoms with E-state index in [0.29, 0.717) is 17.9 Å². The number of carbonyl (C=O) groups excluding carboxylic acids is 1. The standard InChI is InChI=1S/C28H21N3O2S2/c1-17-4-6-18(7-5-17)15-21-28(33)31-16-22(19-8-10-20(32)11-9-19)29-26(27(31)30-21)25-13-12-24(35-25)23-3-2-14-34-23/h2-14,16,21,32H,15H2,1H3/p+1. The number of fused-ring (bicyclic) bond motifs is 1. The topological polar surface area (TPSA) is 66.1 Å². The Morgan fingerprint density at radius 1 is 0.971 bits per heavy atom. The van der Waals surface area contributed by atoms with Crippen LogP contribution in [0.25, 0.3) is 31.6 Å². The molecule has 35 heavy (non-hydrogen) atoms. The van der Waals surface area contributed by atoms with Crippen LogP contribution in [0.3, 0.4) is 0 Å². The van der Waals surface area contributed by atoms with Crippen LogP contribution in [0.15, 0.2) is 84.4 Å². The second kappa shape index (κ2) is 8.76. The number of hydrogen-bond acceptors (Lipinski definition) is 6. The van der Waals surface area contributed by atoms with Crippen molar-refractivity contribution in [1.29, 1.82) is 0 Å². The number of nitrogens with one attached hydrogen (secondary N) is 1. The van der Waals surface area contributed by atoms with Gasteiger partial charge in [-0.05, 0) is 60.3 Å². The molecule has 1 aliphatic heterocycles. The Kier molecular flexibility index (Phi) is 5.43. The van der Waals surface area contributed by atoms with Gasteiger partial charge in [0, 0.05) is 21.7 Å². The maximum absolute atomic E-state index is 13.5. The first-order valence-electron chi connectivity index (χ1n) is 11.3. The van der Waals surface area contributed by atoms with Gasteiger partial charge in [-0.15, -0.1) is 22.7 Å². The fourth-order valence-electron chi connectivity index (χ4n) is 4.27. The molecule has 6 rings (SSSR count). The van der Waals surface area contributed by atoms with Crippen molar-refractivity contribution in [2.24, 2.45) is 0 Å². The van der Waals surface area contributed by atoms with E-state index in [1.54, 1.807) is 45.6 Å². The van der Waals surface area contributed by atoms with E-state index >= 15 is 0 Å². The number of rotatable bonds is 5. The lowest BCUT2D eigenvalue weighted by Crippen LogP contribution is -2.43. The summed E-state index contributed by atoms with van der Waals surface area (Å²) >= 11 is 3.37. The van der Waals surface area contributed by atoms with Crippen molar-refractivity contribution >= 4 is 34.4 Å². The zero-order chi connectivity index (χ0) is 23.9. The van der Waals surface area contributed by atoms with Crippen LogP contribution in [0.1, 0.15) is 15.9 Å². The van der Waals surface area contributed by atoms with Crippen LogP contribution in [0.4, 0.5) is 5.82 Å². The molecule has 0 saturated heterocycles. The first-order chi connectivity index (χ1) is 17.0. The Hall–Kier alpha value is -3.81. The van der Waals surface area contributed by atoms with Crippen molar-refractivity contribution in [2.75, 3.05) is 5.32 Å². The van der Waals surface area contributed by atoms with E-state index in [0.717, 1.165) is 21.7 Å². The molecular formula is C28H22N3O2S2+. The molecule has 1 atom stereocenters. The Morgan fingerprint density at radius 3 is 2.49 bits per heavy atom. The SMILES string of the molecule is Cc1ccc(CC2Nc3c(-c4ccc(-c5cccs5)s4)nc(-c4ccc(O)cc4)c[n+]3C2=O)cc1. The van der Waals surface area contributed by atoms with Crippen molar-refractivity contribution in [2.45, 2.75) is 19.4 Å². The summed E-state index contributed by atoms with van der Waals surface area (Å²) in [6.45, 7) is 2.06. The molecule has 5 aromatic rings. The smallest absolute Gasteiger partial charge is 0.359 e. The zero-order valence-electron chi connectivity index (χ0n) is 18.9. The molecule has 0 spiro atoms. The molecular weight excluding hydrogens is 474 g/mol. The summed E-state index contributed by atoms with van der Waals surface area (Å²) in [7, 11) is 0. The van der Waals surface area contributed by atoms with Crippen LogP contribution in [0, 0.1) is 6.92 Å². The average Bonchev–Trinajstić information content (AvgIpc) is 3.62. The van der Waals surface area contributed by atoms with Crippen molar-refractivity contribution in [3.63, 3.8) is 0 Å². The highest BCUT2D eigenvalue weighted by Crippen LogP contribution is 2.39. The number of aromatic hydroxyl groups is 1. The average molecular weight is 497 g/mol. The molecule has 2 N–H and O–H groups in total. The molecule has 5 nitrogen and oxygen atoms in total. The van der Waals surface area contributed by atoms with E-state index in [-0.39, 0.29) is 17.7 Å². The zero-order valence-corrected chi connectivity index (χ0v) is 20.6. The number of anilines is 1. The summed E-state index contributed by atoms with van der Waals surface area (Å²) in [5.41, 5.74) is 4.58. The monoisotopic (exact) mass is 496 g/mol. The van der Waals surface area contributed by atoms with E-state index in [1.165, 1.54) is 15.3 Å². The maximum Gasteiger partial charge on any atom is 0.359 e. The van der Waals surface area contributed by atoms with Crippen molar-refractivity contribution in [3.05, 3.63) is 95.5 Å². The highest BCUT2D eigenvalue weighted by molar-refractivity contribution is 7.23. The number of carbonyl (C=O) groups is 1. The molecule has 1 aliphatic rings. The second-order valence-electron chi connectivity index (χ2n) is 8.61. The first kappa shape index (κ1) is 21.7. The van der Waals surface area contributed by atoms with Gasteiger partial charge in [0.1, 0.15) is 17.6 Å². The van der Waals surface area contributed by atoms with Gasteiger partial charge in [0.05, 0.1) is 4.88 Å². The Bertz CT molecular complexity index is 1520. The largest absolute Gasteiger partial charge is 0.508 e. The lowest BCUT2D eigenvalue weighted by atomic mass is 10.0. The lowest BCUT2D eigenvalue weighted by Gasteiger charge is -2.06. The third kappa shape index (κ3) is 4.13. The minimum Gasteiger partial charge on any atom is -0.508 e. The van der Waals surface area contributed by atoms with E-state index in [9.17, 15) is 9.90 Å². The highest BCUT2D eigenvalue weighted by Gasteiger charge is 2.41. The Balaban J connectivity index is 1.43. The Morgan fingerprint density at radius 2 is 1.74 bits per heavy atom. The van der Waals surface area contributed by atoms with Crippen LogP contribution < -0.4 is 9.88 Å². The molecule has 0 aliphatic carbocycles. The van der Waals surface area contributed by atoms with E-state index in [2.05, 4.69) is 60.1 Å². The predicted octanol–water partition coefficient (Wildman–Crippen LogP) is 6.18. The number of nitrogens with zero attached hydrogens (tertiary/aromatic N) is 2. The van der Waals surface area contributed by atoms with E-state index in [1.807, 2.05) is 18.2 Å². The lowest BCUT2D eigenvalue weighted by molar-refractivity contribution is -0.551. The second-order valence-corrected chi connectivity index (χ2v) is 10.6. The molecule has 0 bridgehead atoms. The number of thiophene rings is 2. The van der Waals surface area contributed by atoms with Crippen molar-refractivity contribution < 1.29 is 14.5 Å². The third-order valence-corrected chi connectivity index (χ3v) is 8.28. The van der Waals surface area contributed by atoms with Crippen LogP contribution in [0.2, 0.25) is 0 Å². The molecule has 0 radical (unpaired) electrons. The summed E-state index contributed by atoms with van der Waals surface area (Å²) in [6, 6.07) is 23.2. The summed E-state index contributed by atoms with van der Waals surface area (Å²) < 4.78 is 1.70. The quantitative estimate of drug-likeness (QED) is 0.285. The number of aryl methyl sites for hydroxylation is 1. The first-order valence-corrected chi connectivity index (χ1v) is 13.0. The van der Waals surface area contributed by atoms with Gasteiger partial charge in [-0.1, -0.05) is 35.9 Å². The molecule has 0 amide bonds. The predicted molar refractivity (Wildman–Crippen MR) is 141 cm³/mol. The minimum absolute atomic E-state index is 0.000658. The minimum atomic E-state index is -0.370. The van der Waals surface area contributed by atoms with Gasteiger partial charge in [0.15, 0.2) is 11.7 Å². The van der Waals surface area contributed by atoms with E-state index < -0.39 is 0 Å². The van der Waals surface area contributed by atoms with Gasteiger partial charge in [-0.3, -0.25) is 5.32 Å². The fourth-order valence-corrected chi connectivity index (χ4v) is 6.10. The molecule has 3 aromatic heterocycles. The van der Waals surface area contributed by atoms with E-state index in [4.69, 9.17) is 4.98 Å². The van der Waals surface area contributed by atoms with Crippen molar-refractivity contribution in [3.8, 4) is 37.3 Å². The van der Waals surface area contributed by atoms with Crippen LogP contribution in [0.5, 0.6) is 5.75 Å². The molecule has 7 heteroatoms. The van der Waals surface area contributed by atoms with Crippen LogP contribution in [-0.2, 0) is 6.42 Å². The number of phenols is 1. The molecule has 0 saturated carbocycles. The normalized spacial score (nSPS) is 14.7. The number of hydrogen-bond donors (Lipinski definition) is 2. The van der Waals surface area contributed by atoms with Crippen LogP contribution in [-0.4, -0.2) is 22.0 Å². The maximum atomic E-state index is 13.5. The molecule has 0 fully saturated rings. The van der Waals surface area contributed by atoms with Gasteiger partial charge in [0.25, 0.3) is 0 Å². The number of benzene rings is 2. The molecule has 2 aromatic carbocycles. The summed E-state index contributed by atoms with van der Waals surface area (Å²) in [6.07, 6.45) is 2.39. The van der Waals surface area contributed by atoms with Gasteiger partial charge >= 0.3 is 11.7 Å². The summed E-state index contributed by atoms with van der Waals surface area (Å²) in [5, 5.41) is 15.3. The van der Waals surface area contributed by atoms with Gasteiger partial charge < -0.3 is 5.11 Å². The van der Waals surface area contributed by atoms with Gasteiger partial charge in [-0.2, -0.15) is 4.57 Å². The number of aromatic nitrogens is 2. The third-order valence-electron chi connectivity index (χ3n) is 6.12. The Labute approximate surface area is 211 Å². The molecule has 172 valence electrons. The van der Waals surface area contributed by atoms with Gasteiger partial charge in [-0.25, -0.2) is 9.78 Å². The molecule has 4 heterocycles. The molecule has 1 unspecified atom stereocenters. The highest BCUT2D eigenvalue weighted by atomic mass is 32.1. The van der Waals surface area contributed by atoms with Crippen LogP contribution >= 0.6 is 22.7 Å². The number of phenolic OH excluding ortho intramolecular Hbond substituents is 1. The summed E-state index contributed by atoms with van der Waals surface area (Å²) in [4.78, 5) is 21.9. The fraction of sp³-hybridized carbons (Fsp3) is 0.107. The van der Waals surface area contributed by atoms with Gasteiger partial charge in [0.2, 0.25) is 0 Å². The summed E-state index contributed by atoms with van der Waals surface area (Å²) in [5.74, 6) is 0.908. The van der Waals surface area contributed by atoms with Crippen molar-refractivity contribution in [1.82, 2.24) is 4.98 Å².